The first-order valence-corrected chi connectivity index (χ1v) is 9.15. The summed E-state index contributed by atoms with van der Waals surface area (Å²) in [6.07, 6.45) is 1.88. The van der Waals surface area contributed by atoms with Crippen molar-refractivity contribution in [1.82, 2.24) is 14.7 Å². The number of anilines is 2. The number of nitrogens with one attached hydrogen (secondary N) is 1. The second kappa shape index (κ2) is 8.60. The summed E-state index contributed by atoms with van der Waals surface area (Å²) in [4.78, 5) is 24.3. The van der Waals surface area contributed by atoms with Gasteiger partial charge in [-0.25, -0.2) is 9.18 Å². The van der Waals surface area contributed by atoms with Crippen LogP contribution in [0.15, 0.2) is 30.5 Å². The summed E-state index contributed by atoms with van der Waals surface area (Å²) in [6.45, 7) is 0.763. The number of nitriles is 1. The predicted molar refractivity (Wildman–Crippen MR) is 102 cm³/mol. The van der Waals surface area contributed by atoms with Crippen LogP contribution in [0.5, 0.6) is 0 Å². The van der Waals surface area contributed by atoms with Gasteiger partial charge in [-0.05, 0) is 43.0 Å². The fourth-order valence-electron chi connectivity index (χ4n) is 3.55. The molecule has 1 aliphatic heterocycles. The third-order valence-electron chi connectivity index (χ3n) is 5.10. The maximum absolute atomic E-state index is 13.1. The number of aromatic nitrogens is 2. The molecule has 2 heterocycles. The van der Waals surface area contributed by atoms with E-state index in [1.807, 2.05) is 0 Å². The highest BCUT2D eigenvalue weighted by Crippen LogP contribution is 2.32. The molecule has 29 heavy (non-hydrogen) atoms. The Labute approximate surface area is 166 Å². The highest BCUT2D eigenvalue weighted by atomic mass is 19.1. The number of carboxylic acid groups (broad SMARTS) is 1. The van der Waals surface area contributed by atoms with Crippen LogP contribution in [0.25, 0.3) is 0 Å². The predicted octanol–water partition coefficient (Wildman–Crippen LogP) is 2.71. The molecule has 3 rings (SSSR count). The lowest BCUT2D eigenvalue weighted by Gasteiger charge is -2.34. The Morgan fingerprint density at radius 3 is 2.55 bits per heavy atom. The van der Waals surface area contributed by atoms with Crippen LogP contribution in [0.2, 0.25) is 0 Å². The van der Waals surface area contributed by atoms with Crippen molar-refractivity contribution in [3.05, 3.63) is 41.8 Å². The van der Waals surface area contributed by atoms with Gasteiger partial charge in [0.2, 0.25) is 0 Å². The molecule has 4 N–H and O–H groups in total. The number of nitrogens with two attached hydrogens (primary N) is 1. The van der Waals surface area contributed by atoms with E-state index in [0.717, 1.165) is 0 Å². The number of carbonyl (C=O) groups is 2. The number of hydrogen-bond acceptors (Lipinski definition) is 5. The van der Waals surface area contributed by atoms with Gasteiger partial charge >= 0.3 is 6.09 Å². The first kappa shape index (κ1) is 20.1. The summed E-state index contributed by atoms with van der Waals surface area (Å²) in [5.74, 6) is -0.824. The zero-order chi connectivity index (χ0) is 21.0. The van der Waals surface area contributed by atoms with E-state index in [4.69, 9.17) is 10.8 Å². The number of hydrogen-bond donors (Lipinski definition) is 3. The Morgan fingerprint density at radius 2 is 2.00 bits per heavy atom. The standard InChI is InChI=1S/C19H21FN6O3/c20-13-1-3-14(4-2-13)23-18-15(17(22)27)11-26(24-18)16(5-8-21)12-6-9-25(10-7-12)19(28)29/h1-4,11-12,16H,5-7,9-10H2,(H2,22,27)(H,23,24)(H,28,29). The molecule has 2 aromatic rings. The van der Waals surface area contributed by atoms with Gasteiger partial charge in [0.1, 0.15) is 11.4 Å². The van der Waals surface area contributed by atoms with Crippen LogP contribution in [0.1, 0.15) is 35.7 Å². The number of rotatable bonds is 6. The maximum Gasteiger partial charge on any atom is 0.407 e. The SMILES string of the molecule is N#CCC(C1CCN(C(=O)O)CC1)n1cc(C(N)=O)c(Nc2ccc(F)cc2)n1. The van der Waals surface area contributed by atoms with E-state index in [9.17, 15) is 19.2 Å². The molecule has 0 radical (unpaired) electrons. The molecular formula is C19H21FN6O3. The zero-order valence-corrected chi connectivity index (χ0v) is 15.6. The number of primary amides is 1. The molecule has 0 bridgehead atoms. The van der Waals surface area contributed by atoms with Crippen molar-refractivity contribution in [3.8, 4) is 6.07 Å². The Balaban J connectivity index is 1.85. The maximum atomic E-state index is 13.1. The van der Waals surface area contributed by atoms with Crippen LogP contribution in [-0.4, -0.2) is 44.9 Å². The van der Waals surface area contributed by atoms with Gasteiger partial charge in [0, 0.05) is 25.0 Å². The van der Waals surface area contributed by atoms with Gasteiger partial charge in [0.15, 0.2) is 5.82 Å². The number of nitrogens with zero attached hydrogens (tertiary/aromatic N) is 4. The van der Waals surface area contributed by atoms with Crippen LogP contribution in [0.3, 0.4) is 0 Å². The number of amides is 2. The quantitative estimate of drug-likeness (QED) is 0.682. The molecule has 10 heteroatoms. The number of likely N-dealkylation sites (tertiary alicyclic amines) is 1. The highest BCUT2D eigenvalue weighted by Gasteiger charge is 2.31. The molecule has 152 valence electrons. The normalized spacial score (nSPS) is 15.5. The van der Waals surface area contributed by atoms with E-state index in [1.165, 1.54) is 35.4 Å². The molecule has 1 aromatic heterocycles. The van der Waals surface area contributed by atoms with E-state index in [-0.39, 0.29) is 29.8 Å². The number of halogens is 1. The molecule has 1 fully saturated rings. The fraction of sp³-hybridized carbons (Fsp3) is 0.368. The fourth-order valence-corrected chi connectivity index (χ4v) is 3.55. The lowest BCUT2D eigenvalue weighted by atomic mass is 9.88. The largest absolute Gasteiger partial charge is 0.465 e. The van der Waals surface area contributed by atoms with Gasteiger partial charge in [0.05, 0.1) is 18.5 Å². The van der Waals surface area contributed by atoms with E-state index in [0.29, 0.717) is 31.6 Å². The first-order valence-electron chi connectivity index (χ1n) is 9.15. The molecule has 1 atom stereocenters. The lowest BCUT2D eigenvalue weighted by molar-refractivity contribution is 0.0998. The third kappa shape index (κ3) is 4.63. The smallest absolute Gasteiger partial charge is 0.407 e. The number of carbonyl (C=O) groups excluding carboxylic acids is 1. The zero-order valence-electron chi connectivity index (χ0n) is 15.6. The van der Waals surface area contributed by atoms with Crippen LogP contribution < -0.4 is 11.1 Å². The van der Waals surface area contributed by atoms with E-state index >= 15 is 0 Å². The molecule has 9 nitrogen and oxygen atoms in total. The van der Waals surface area contributed by atoms with E-state index in [2.05, 4.69) is 16.5 Å². The third-order valence-corrected chi connectivity index (χ3v) is 5.10. The molecule has 1 unspecified atom stereocenters. The highest BCUT2D eigenvalue weighted by molar-refractivity contribution is 5.98. The summed E-state index contributed by atoms with van der Waals surface area (Å²) in [5, 5.41) is 25.8. The summed E-state index contributed by atoms with van der Waals surface area (Å²) < 4.78 is 14.7. The van der Waals surface area contributed by atoms with Crippen molar-refractivity contribution in [1.29, 1.82) is 5.26 Å². The monoisotopic (exact) mass is 400 g/mol. The van der Waals surface area contributed by atoms with Crippen molar-refractivity contribution in [2.45, 2.75) is 25.3 Å². The molecule has 1 aromatic carbocycles. The topological polar surface area (TPSA) is 137 Å². The average Bonchev–Trinajstić information content (AvgIpc) is 3.11. The molecule has 0 saturated carbocycles. The van der Waals surface area contributed by atoms with Gasteiger partial charge < -0.3 is 21.1 Å². The minimum atomic E-state index is -0.957. The molecule has 0 aliphatic carbocycles. The summed E-state index contributed by atoms with van der Waals surface area (Å²) in [7, 11) is 0. The molecule has 1 saturated heterocycles. The van der Waals surface area contributed by atoms with Gasteiger partial charge in [-0.15, -0.1) is 0 Å². The molecule has 0 spiro atoms. The van der Waals surface area contributed by atoms with Crippen molar-refractivity contribution >= 4 is 23.5 Å². The number of piperidine rings is 1. The minimum Gasteiger partial charge on any atom is -0.465 e. The minimum absolute atomic E-state index is 0.0320. The van der Waals surface area contributed by atoms with Crippen molar-refractivity contribution in [2.24, 2.45) is 11.7 Å². The number of benzene rings is 1. The second-order valence-electron chi connectivity index (χ2n) is 6.90. The van der Waals surface area contributed by atoms with Crippen LogP contribution in [0.4, 0.5) is 20.7 Å². The molecule has 1 aliphatic rings. The Bertz CT molecular complexity index is 928. The summed E-state index contributed by atoms with van der Waals surface area (Å²) in [6, 6.07) is 7.39. The second-order valence-corrected chi connectivity index (χ2v) is 6.90. The van der Waals surface area contributed by atoms with Gasteiger partial charge in [0.25, 0.3) is 5.91 Å². The van der Waals surface area contributed by atoms with Crippen molar-refractivity contribution < 1.29 is 19.1 Å². The van der Waals surface area contributed by atoms with Gasteiger partial charge in [-0.3, -0.25) is 9.48 Å². The van der Waals surface area contributed by atoms with Crippen LogP contribution in [0, 0.1) is 23.1 Å². The van der Waals surface area contributed by atoms with Gasteiger partial charge in [-0.1, -0.05) is 0 Å². The Kier molecular flexibility index (Phi) is 5.97. The Hall–Kier alpha value is -3.61. The first-order chi connectivity index (χ1) is 13.9. The lowest BCUT2D eigenvalue weighted by Crippen LogP contribution is -2.39. The van der Waals surface area contributed by atoms with Crippen molar-refractivity contribution in [3.63, 3.8) is 0 Å². The van der Waals surface area contributed by atoms with Gasteiger partial charge in [-0.2, -0.15) is 10.4 Å². The van der Waals surface area contributed by atoms with Crippen molar-refractivity contribution in [2.75, 3.05) is 18.4 Å². The average molecular weight is 400 g/mol. The molecule has 2 amide bonds. The van der Waals surface area contributed by atoms with Crippen LogP contribution in [-0.2, 0) is 0 Å². The van der Waals surface area contributed by atoms with E-state index in [1.54, 1.807) is 4.68 Å². The summed E-state index contributed by atoms with van der Waals surface area (Å²) >= 11 is 0. The molecular weight excluding hydrogens is 379 g/mol. The van der Waals surface area contributed by atoms with Crippen LogP contribution >= 0.6 is 0 Å². The summed E-state index contributed by atoms with van der Waals surface area (Å²) in [5.41, 5.74) is 6.17. The Morgan fingerprint density at radius 1 is 1.34 bits per heavy atom. The van der Waals surface area contributed by atoms with E-state index < -0.39 is 17.8 Å².